The SMILES string of the molecule is COCCNC(=O)C(=Cc1ccc(OC)cc1)c1nc2ccccc2[nH]1. The Labute approximate surface area is 151 Å². The first-order valence-corrected chi connectivity index (χ1v) is 8.29. The number of rotatable bonds is 7. The van der Waals surface area contributed by atoms with Gasteiger partial charge in [0.15, 0.2) is 0 Å². The van der Waals surface area contributed by atoms with Crippen LogP contribution in [0, 0.1) is 0 Å². The molecular formula is C20H21N3O3. The highest BCUT2D eigenvalue weighted by atomic mass is 16.5. The van der Waals surface area contributed by atoms with Gasteiger partial charge in [0.1, 0.15) is 11.6 Å². The van der Waals surface area contributed by atoms with Gasteiger partial charge < -0.3 is 19.8 Å². The van der Waals surface area contributed by atoms with E-state index in [-0.39, 0.29) is 5.91 Å². The number of nitrogens with one attached hydrogen (secondary N) is 2. The van der Waals surface area contributed by atoms with Crippen LogP contribution in [0.3, 0.4) is 0 Å². The van der Waals surface area contributed by atoms with Crippen LogP contribution in [0.4, 0.5) is 0 Å². The Morgan fingerprint density at radius 1 is 1.15 bits per heavy atom. The minimum atomic E-state index is -0.211. The van der Waals surface area contributed by atoms with Crippen LogP contribution in [0.25, 0.3) is 22.7 Å². The van der Waals surface area contributed by atoms with Gasteiger partial charge in [-0.25, -0.2) is 4.98 Å². The number of hydrogen-bond acceptors (Lipinski definition) is 4. The molecule has 0 atom stereocenters. The quantitative estimate of drug-likeness (QED) is 0.507. The smallest absolute Gasteiger partial charge is 0.255 e. The summed E-state index contributed by atoms with van der Waals surface area (Å²) in [6.45, 7) is 0.872. The van der Waals surface area contributed by atoms with Crippen LogP contribution in [-0.2, 0) is 9.53 Å². The number of imidazole rings is 1. The summed E-state index contributed by atoms with van der Waals surface area (Å²) in [6.07, 6.45) is 1.80. The molecule has 0 radical (unpaired) electrons. The maximum Gasteiger partial charge on any atom is 0.255 e. The number of carbonyl (C=O) groups is 1. The van der Waals surface area contributed by atoms with E-state index in [4.69, 9.17) is 9.47 Å². The number of methoxy groups -OCH3 is 2. The average molecular weight is 351 g/mol. The molecular weight excluding hydrogens is 330 g/mol. The largest absolute Gasteiger partial charge is 0.497 e. The molecule has 0 unspecified atom stereocenters. The van der Waals surface area contributed by atoms with Crippen molar-refractivity contribution in [1.82, 2.24) is 15.3 Å². The number of fused-ring (bicyclic) bond motifs is 1. The van der Waals surface area contributed by atoms with Crippen LogP contribution >= 0.6 is 0 Å². The summed E-state index contributed by atoms with van der Waals surface area (Å²) in [6, 6.07) is 15.2. The number of benzene rings is 2. The Morgan fingerprint density at radius 3 is 2.62 bits per heavy atom. The van der Waals surface area contributed by atoms with Crippen LogP contribution in [0.2, 0.25) is 0 Å². The van der Waals surface area contributed by atoms with Crippen molar-refractivity contribution >= 4 is 28.6 Å². The van der Waals surface area contributed by atoms with Crippen molar-refractivity contribution < 1.29 is 14.3 Å². The van der Waals surface area contributed by atoms with Gasteiger partial charge in [-0.1, -0.05) is 24.3 Å². The molecule has 0 aliphatic heterocycles. The number of amides is 1. The van der Waals surface area contributed by atoms with Crippen molar-refractivity contribution in [2.75, 3.05) is 27.4 Å². The highest BCUT2D eigenvalue weighted by molar-refractivity contribution is 6.23. The average Bonchev–Trinajstić information content (AvgIpc) is 3.10. The minimum Gasteiger partial charge on any atom is -0.497 e. The van der Waals surface area contributed by atoms with Crippen molar-refractivity contribution in [2.45, 2.75) is 0 Å². The van der Waals surface area contributed by atoms with Gasteiger partial charge >= 0.3 is 0 Å². The van der Waals surface area contributed by atoms with Gasteiger partial charge in [-0.05, 0) is 35.9 Å². The summed E-state index contributed by atoms with van der Waals surface area (Å²) in [5, 5.41) is 2.85. The third kappa shape index (κ3) is 4.10. The molecule has 1 amide bonds. The molecule has 1 aromatic heterocycles. The van der Waals surface area contributed by atoms with Crippen molar-refractivity contribution in [3.8, 4) is 5.75 Å². The van der Waals surface area contributed by atoms with E-state index in [2.05, 4.69) is 15.3 Å². The van der Waals surface area contributed by atoms with E-state index >= 15 is 0 Å². The molecule has 0 aliphatic rings. The van der Waals surface area contributed by atoms with Gasteiger partial charge in [0, 0.05) is 13.7 Å². The maximum atomic E-state index is 12.7. The lowest BCUT2D eigenvalue weighted by atomic mass is 10.1. The summed E-state index contributed by atoms with van der Waals surface area (Å²) in [7, 11) is 3.22. The third-order valence-corrected chi connectivity index (χ3v) is 3.91. The molecule has 2 aromatic carbocycles. The molecule has 6 nitrogen and oxygen atoms in total. The van der Waals surface area contributed by atoms with Crippen LogP contribution in [-0.4, -0.2) is 43.2 Å². The number of hydrogen-bond donors (Lipinski definition) is 2. The summed E-state index contributed by atoms with van der Waals surface area (Å²) < 4.78 is 10.2. The lowest BCUT2D eigenvalue weighted by molar-refractivity contribution is -0.115. The molecule has 6 heteroatoms. The van der Waals surface area contributed by atoms with Gasteiger partial charge in [0.25, 0.3) is 5.91 Å². The molecule has 0 saturated heterocycles. The number of aromatic amines is 1. The number of ether oxygens (including phenoxy) is 2. The van der Waals surface area contributed by atoms with Crippen LogP contribution in [0.15, 0.2) is 48.5 Å². The first-order chi connectivity index (χ1) is 12.7. The molecule has 0 aliphatic carbocycles. The van der Waals surface area contributed by atoms with Crippen LogP contribution in [0.1, 0.15) is 11.4 Å². The molecule has 3 aromatic rings. The third-order valence-electron chi connectivity index (χ3n) is 3.91. The predicted octanol–water partition coefficient (Wildman–Crippen LogP) is 2.87. The molecule has 134 valence electrons. The zero-order valence-corrected chi connectivity index (χ0v) is 14.8. The van der Waals surface area contributed by atoms with E-state index in [1.807, 2.05) is 48.5 Å². The number of para-hydroxylation sites is 2. The monoisotopic (exact) mass is 351 g/mol. The first kappa shape index (κ1) is 17.7. The number of aromatic nitrogens is 2. The standard InChI is InChI=1S/C20H21N3O3/c1-25-12-11-21-20(24)16(13-14-7-9-15(26-2)10-8-14)19-22-17-5-3-4-6-18(17)23-19/h3-10,13H,11-12H2,1-2H3,(H,21,24)(H,22,23). The maximum absolute atomic E-state index is 12.7. The van der Waals surface area contributed by atoms with Crippen molar-refractivity contribution in [1.29, 1.82) is 0 Å². The zero-order valence-electron chi connectivity index (χ0n) is 14.8. The molecule has 1 heterocycles. The lowest BCUT2D eigenvalue weighted by Gasteiger charge is -2.07. The number of H-pyrrole nitrogens is 1. The second-order valence-electron chi connectivity index (χ2n) is 5.68. The summed E-state index contributed by atoms with van der Waals surface area (Å²) in [4.78, 5) is 20.5. The summed E-state index contributed by atoms with van der Waals surface area (Å²) in [5.74, 6) is 1.07. The van der Waals surface area contributed by atoms with E-state index < -0.39 is 0 Å². The van der Waals surface area contributed by atoms with Gasteiger partial charge in [-0.3, -0.25) is 4.79 Å². The number of nitrogens with zero attached hydrogens (tertiary/aromatic N) is 1. The Balaban J connectivity index is 1.97. The summed E-state index contributed by atoms with van der Waals surface area (Å²) >= 11 is 0. The summed E-state index contributed by atoms with van der Waals surface area (Å²) in [5.41, 5.74) is 3.03. The van der Waals surface area contributed by atoms with Crippen LogP contribution < -0.4 is 10.1 Å². The molecule has 3 rings (SSSR count). The van der Waals surface area contributed by atoms with E-state index in [9.17, 15) is 4.79 Å². The van der Waals surface area contributed by atoms with Crippen LogP contribution in [0.5, 0.6) is 5.75 Å². The normalized spacial score (nSPS) is 11.5. The predicted molar refractivity (Wildman–Crippen MR) is 102 cm³/mol. The van der Waals surface area contributed by atoms with Crippen molar-refractivity contribution in [3.05, 3.63) is 59.9 Å². The van der Waals surface area contributed by atoms with Gasteiger partial charge in [0.2, 0.25) is 0 Å². The fourth-order valence-corrected chi connectivity index (χ4v) is 2.55. The first-order valence-electron chi connectivity index (χ1n) is 8.29. The van der Waals surface area contributed by atoms with Gasteiger partial charge in [-0.15, -0.1) is 0 Å². The molecule has 0 bridgehead atoms. The Morgan fingerprint density at radius 2 is 1.92 bits per heavy atom. The van der Waals surface area contributed by atoms with E-state index in [0.717, 1.165) is 22.3 Å². The van der Waals surface area contributed by atoms with E-state index in [0.29, 0.717) is 24.5 Å². The molecule has 0 spiro atoms. The fourth-order valence-electron chi connectivity index (χ4n) is 2.55. The zero-order chi connectivity index (χ0) is 18.4. The molecule has 0 fully saturated rings. The van der Waals surface area contributed by atoms with E-state index in [1.54, 1.807) is 20.3 Å². The topological polar surface area (TPSA) is 76.2 Å². The second kappa shape index (κ2) is 8.31. The van der Waals surface area contributed by atoms with Gasteiger partial charge in [0.05, 0.1) is 30.3 Å². The van der Waals surface area contributed by atoms with E-state index in [1.165, 1.54) is 0 Å². The number of carbonyl (C=O) groups excluding carboxylic acids is 1. The second-order valence-corrected chi connectivity index (χ2v) is 5.68. The Bertz CT molecular complexity index is 880. The van der Waals surface area contributed by atoms with Crippen molar-refractivity contribution in [3.63, 3.8) is 0 Å². The molecule has 0 saturated carbocycles. The van der Waals surface area contributed by atoms with Gasteiger partial charge in [-0.2, -0.15) is 0 Å². The highest BCUT2D eigenvalue weighted by Crippen LogP contribution is 2.21. The highest BCUT2D eigenvalue weighted by Gasteiger charge is 2.16. The lowest BCUT2D eigenvalue weighted by Crippen LogP contribution is -2.28. The molecule has 2 N–H and O–H groups in total. The Kier molecular flexibility index (Phi) is 5.66. The minimum absolute atomic E-state index is 0.211. The molecule has 26 heavy (non-hydrogen) atoms. The van der Waals surface area contributed by atoms with Crippen molar-refractivity contribution in [2.24, 2.45) is 0 Å². The fraction of sp³-hybridized carbons (Fsp3) is 0.200. The Hall–Kier alpha value is -3.12.